The summed E-state index contributed by atoms with van der Waals surface area (Å²) < 4.78 is 18.9. The van der Waals surface area contributed by atoms with Gasteiger partial charge in [-0.1, -0.05) is 48.0 Å². The number of H-pyrrole nitrogens is 2. The Kier molecular flexibility index (Phi) is 5.55. The first-order valence-electron chi connectivity index (χ1n) is 12.1. The van der Waals surface area contributed by atoms with Crippen molar-refractivity contribution in [1.82, 2.24) is 24.7 Å². The van der Waals surface area contributed by atoms with Crippen LogP contribution in [0.2, 0.25) is 5.02 Å². The standard InChI is InChI=1S/C27H22ClN5O5/c28-19-10-21-20(30-27(31-21)38-23-12-37-24-22(34)11-36-25(23)24)9-18(19)16-3-1-14(2-4-16)15-5-7-17(8-6-15)33-13-29-26(35)32-33/h1-10,13,22-25,34H,11-12H2,(H,30,31)(H,32,35)/t22-,23-,24-,25-/m1/s1. The lowest BCUT2D eigenvalue weighted by Crippen LogP contribution is -2.34. The zero-order valence-corrected chi connectivity index (χ0v) is 20.6. The molecule has 3 aromatic carbocycles. The molecule has 5 aromatic rings. The third-order valence-corrected chi connectivity index (χ3v) is 7.29. The molecule has 2 aliphatic heterocycles. The molecule has 0 radical (unpaired) electrons. The van der Waals surface area contributed by atoms with Crippen LogP contribution in [0.15, 0.2) is 71.8 Å². The number of ether oxygens (including phenoxy) is 3. The average molecular weight is 532 g/mol. The molecule has 38 heavy (non-hydrogen) atoms. The average Bonchev–Trinajstić information content (AvgIpc) is 3.71. The van der Waals surface area contributed by atoms with Crippen molar-refractivity contribution in [3.63, 3.8) is 0 Å². The van der Waals surface area contributed by atoms with Crippen LogP contribution in [0.5, 0.6) is 6.01 Å². The number of imidazole rings is 1. The fourth-order valence-electron chi connectivity index (χ4n) is 5.03. The monoisotopic (exact) mass is 531 g/mol. The SMILES string of the molecule is O=c1ncn(-c2ccc(-c3ccc(-c4cc5nc(O[C@@H]6CO[C@H]7[C@@H]6OC[C@H]7O)[nH]c5cc4Cl)cc3)cc2)[nH]1. The second-order valence-corrected chi connectivity index (χ2v) is 9.77. The highest BCUT2D eigenvalue weighted by molar-refractivity contribution is 6.34. The van der Waals surface area contributed by atoms with Gasteiger partial charge in [0.1, 0.15) is 24.6 Å². The van der Waals surface area contributed by atoms with Gasteiger partial charge in [-0.05, 0) is 41.0 Å². The maximum Gasteiger partial charge on any atom is 0.361 e. The first kappa shape index (κ1) is 23.2. The van der Waals surface area contributed by atoms with Crippen molar-refractivity contribution < 1.29 is 19.3 Å². The second-order valence-electron chi connectivity index (χ2n) is 9.37. The highest BCUT2D eigenvalue weighted by Crippen LogP contribution is 2.35. The number of nitrogens with zero attached hydrogens (tertiary/aromatic N) is 3. The van der Waals surface area contributed by atoms with Gasteiger partial charge in [0.15, 0.2) is 6.10 Å². The van der Waals surface area contributed by atoms with Crippen molar-refractivity contribution in [3.05, 3.63) is 82.5 Å². The molecule has 3 N–H and O–H groups in total. The van der Waals surface area contributed by atoms with E-state index in [9.17, 15) is 9.90 Å². The van der Waals surface area contributed by atoms with Crippen molar-refractivity contribution in [2.75, 3.05) is 13.2 Å². The highest BCUT2D eigenvalue weighted by Gasteiger charge is 2.48. The van der Waals surface area contributed by atoms with Crippen LogP contribution in [0, 0.1) is 0 Å². The molecular formula is C27H22ClN5O5. The molecule has 192 valence electrons. The van der Waals surface area contributed by atoms with Gasteiger partial charge in [0, 0.05) is 5.56 Å². The molecule has 2 aliphatic rings. The first-order chi connectivity index (χ1) is 18.5. The molecule has 7 rings (SSSR count). The van der Waals surface area contributed by atoms with E-state index in [0.717, 1.165) is 39.0 Å². The number of rotatable bonds is 5. The molecule has 0 bridgehead atoms. The van der Waals surface area contributed by atoms with E-state index < -0.39 is 6.10 Å². The molecular weight excluding hydrogens is 510 g/mol. The maximum atomic E-state index is 11.3. The van der Waals surface area contributed by atoms with Gasteiger partial charge in [-0.3, -0.25) is 0 Å². The summed E-state index contributed by atoms with van der Waals surface area (Å²) in [6, 6.07) is 20.0. The molecule has 2 saturated heterocycles. The van der Waals surface area contributed by atoms with E-state index in [0.29, 0.717) is 17.6 Å². The van der Waals surface area contributed by atoms with Gasteiger partial charge in [-0.15, -0.1) is 0 Å². The Morgan fingerprint density at radius 2 is 1.68 bits per heavy atom. The van der Waals surface area contributed by atoms with E-state index in [-0.39, 0.29) is 30.6 Å². The number of aliphatic hydroxyl groups excluding tert-OH is 1. The van der Waals surface area contributed by atoms with Crippen LogP contribution in [0.25, 0.3) is 39.0 Å². The van der Waals surface area contributed by atoms with Crippen molar-refractivity contribution in [3.8, 4) is 34.0 Å². The summed E-state index contributed by atoms with van der Waals surface area (Å²) in [7, 11) is 0. The zero-order valence-electron chi connectivity index (χ0n) is 19.9. The van der Waals surface area contributed by atoms with Crippen molar-refractivity contribution >= 4 is 22.6 Å². The summed E-state index contributed by atoms with van der Waals surface area (Å²) in [6.07, 6.45) is -0.216. The Balaban J connectivity index is 1.11. The second kappa shape index (κ2) is 9.10. The van der Waals surface area contributed by atoms with Crippen LogP contribution >= 0.6 is 11.6 Å². The fourth-order valence-corrected chi connectivity index (χ4v) is 5.30. The lowest BCUT2D eigenvalue weighted by Gasteiger charge is -2.15. The van der Waals surface area contributed by atoms with Gasteiger partial charge in [-0.25, -0.2) is 14.6 Å². The largest absolute Gasteiger partial charge is 0.456 e. The minimum absolute atomic E-state index is 0.242. The lowest BCUT2D eigenvalue weighted by atomic mass is 10.00. The van der Waals surface area contributed by atoms with Gasteiger partial charge in [-0.2, -0.15) is 9.97 Å². The van der Waals surface area contributed by atoms with Gasteiger partial charge >= 0.3 is 5.69 Å². The number of aromatic nitrogens is 5. The summed E-state index contributed by atoms with van der Waals surface area (Å²) in [5.74, 6) is 0. The lowest BCUT2D eigenvalue weighted by molar-refractivity contribution is 0.00706. The number of halogens is 1. The summed E-state index contributed by atoms with van der Waals surface area (Å²) >= 11 is 6.65. The molecule has 2 aromatic heterocycles. The summed E-state index contributed by atoms with van der Waals surface area (Å²) in [4.78, 5) is 22.7. The fraction of sp³-hybridized carbons (Fsp3) is 0.222. The predicted octanol–water partition coefficient (Wildman–Crippen LogP) is 3.33. The third kappa shape index (κ3) is 4.07. The van der Waals surface area contributed by atoms with Crippen LogP contribution in [-0.2, 0) is 9.47 Å². The van der Waals surface area contributed by atoms with Crippen LogP contribution in [0.1, 0.15) is 0 Å². The number of hydrogen-bond donors (Lipinski definition) is 3. The summed E-state index contributed by atoms with van der Waals surface area (Å²) in [5, 5.41) is 13.2. The normalized spacial score (nSPS) is 22.7. The first-order valence-corrected chi connectivity index (χ1v) is 12.5. The molecule has 4 atom stereocenters. The Hall–Kier alpha value is -3.96. The Morgan fingerprint density at radius 1 is 0.974 bits per heavy atom. The number of nitrogens with one attached hydrogen (secondary N) is 2. The topological polar surface area (TPSA) is 127 Å². The van der Waals surface area contributed by atoms with Crippen LogP contribution in [0.4, 0.5) is 0 Å². The number of aromatic amines is 2. The highest BCUT2D eigenvalue weighted by atomic mass is 35.5. The van der Waals surface area contributed by atoms with Crippen LogP contribution in [-0.4, -0.2) is 67.5 Å². The zero-order chi connectivity index (χ0) is 25.8. The quantitative estimate of drug-likeness (QED) is 0.317. The van der Waals surface area contributed by atoms with Gasteiger partial charge in [0.05, 0.1) is 35.0 Å². The van der Waals surface area contributed by atoms with Crippen molar-refractivity contribution in [1.29, 1.82) is 0 Å². The molecule has 0 saturated carbocycles. The number of benzene rings is 3. The van der Waals surface area contributed by atoms with E-state index in [1.807, 2.05) is 60.7 Å². The van der Waals surface area contributed by atoms with Gasteiger partial charge in [0.25, 0.3) is 6.01 Å². The third-order valence-electron chi connectivity index (χ3n) is 6.98. The number of hydrogen-bond acceptors (Lipinski definition) is 7. The van der Waals surface area contributed by atoms with E-state index in [2.05, 4.69) is 20.1 Å². The van der Waals surface area contributed by atoms with Crippen LogP contribution in [0.3, 0.4) is 0 Å². The van der Waals surface area contributed by atoms with Crippen LogP contribution < -0.4 is 10.4 Å². The molecule has 0 amide bonds. The van der Waals surface area contributed by atoms with Crippen molar-refractivity contribution in [2.45, 2.75) is 24.4 Å². The van der Waals surface area contributed by atoms with E-state index >= 15 is 0 Å². The molecule has 10 nitrogen and oxygen atoms in total. The van der Waals surface area contributed by atoms with E-state index in [1.165, 1.54) is 6.33 Å². The minimum Gasteiger partial charge on any atom is -0.456 e. The molecule has 0 aliphatic carbocycles. The van der Waals surface area contributed by atoms with Gasteiger partial charge in [0.2, 0.25) is 0 Å². The van der Waals surface area contributed by atoms with Gasteiger partial charge < -0.3 is 24.3 Å². The molecule has 4 heterocycles. The van der Waals surface area contributed by atoms with E-state index in [4.69, 9.17) is 25.8 Å². The number of fused-ring (bicyclic) bond motifs is 2. The molecule has 2 fully saturated rings. The Morgan fingerprint density at radius 3 is 2.42 bits per heavy atom. The maximum absolute atomic E-state index is 11.3. The molecule has 0 spiro atoms. The summed E-state index contributed by atoms with van der Waals surface area (Å²) in [5.41, 5.74) is 5.80. The van der Waals surface area contributed by atoms with E-state index in [1.54, 1.807) is 4.68 Å². The smallest absolute Gasteiger partial charge is 0.361 e. The Labute approximate surface area is 220 Å². The molecule has 11 heteroatoms. The predicted molar refractivity (Wildman–Crippen MR) is 140 cm³/mol. The van der Waals surface area contributed by atoms with Crippen molar-refractivity contribution in [2.24, 2.45) is 0 Å². The Bertz CT molecular complexity index is 1680. The minimum atomic E-state index is -0.634. The molecule has 0 unspecified atom stereocenters. The summed E-state index contributed by atoms with van der Waals surface area (Å²) in [6.45, 7) is 0.569. The number of aliphatic hydroxyl groups is 1.